The molecule has 0 amide bonds. The fourth-order valence-electron chi connectivity index (χ4n) is 5.33. The fraction of sp³-hybridized carbons (Fsp3) is 0.448. The predicted octanol–water partition coefficient (Wildman–Crippen LogP) is 5.66. The molecule has 1 unspecified atom stereocenters. The number of hydrogen-bond acceptors (Lipinski definition) is 6. The second-order valence-electron chi connectivity index (χ2n) is 10.4. The summed E-state index contributed by atoms with van der Waals surface area (Å²) in [5.41, 5.74) is 1.13. The summed E-state index contributed by atoms with van der Waals surface area (Å²) in [6.45, 7) is 2.14. The molecule has 3 aromatic rings. The third-order valence-electron chi connectivity index (χ3n) is 7.65. The van der Waals surface area contributed by atoms with Crippen LogP contribution in [0.1, 0.15) is 37.4 Å². The summed E-state index contributed by atoms with van der Waals surface area (Å²) in [7, 11) is 5.21. The summed E-state index contributed by atoms with van der Waals surface area (Å²) in [5.74, 6) is -1.61. The number of nitrogens with one attached hydrogen (secondary N) is 1. The normalized spacial score (nSPS) is 16.2. The van der Waals surface area contributed by atoms with Gasteiger partial charge in [-0.2, -0.15) is 0 Å². The molecule has 10 heteroatoms. The Morgan fingerprint density at radius 1 is 1.18 bits per heavy atom. The van der Waals surface area contributed by atoms with Crippen LogP contribution in [0, 0.1) is 17.0 Å². The third kappa shape index (κ3) is 6.55. The van der Waals surface area contributed by atoms with Gasteiger partial charge in [-0.25, -0.2) is 13.2 Å². The monoisotopic (exact) mass is 544 g/mol. The van der Waals surface area contributed by atoms with Crippen LogP contribution in [-0.4, -0.2) is 68.3 Å². The molecule has 0 radical (unpaired) electrons. The van der Waals surface area contributed by atoms with Gasteiger partial charge in [-0.3, -0.25) is 9.78 Å². The maximum Gasteiger partial charge on any atom is 0.309 e. The average Bonchev–Trinajstić information content (AvgIpc) is 2.90. The summed E-state index contributed by atoms with van der Waals surface area (Å²) in [6.07, 6.45) is 1.33. The van der Waals surface area contributed by atoms with Gasteiger partial charge >= 0.3 is 5.97 Å². The zero-order valence-electron chi connectivity index (χ0n) is 22.5. The van der Waals surface area contributed by atoms with E-state index in [1.165, 1.54) is 12.1 Å². The number of alkyl halides is 1. The maximum atomic E-state index is 16.0. The first-order chi connectivity index (χ1) is 18.6. The first-order valence-electron chi connectivity index (χ1n) is 13.1. The number of halogens is 3. The Kier molecular flexibility index (Phi) is 8.84. The van der Waals surface area contributed by atoms with Crippen molar-refractivity contribution in [1.29, 1.82) is 0 Å². The van der Waals surface area contributed by atoms with Crippen LogP contribution in [0.3, 0.4) is 0 Å². The van der Waals surface area contributed by atoms with E-state index in [4.69, 9.17) is 4.74 Å². The minimum Gasteiger partial charge on any atom is -0.497 e. The van der Waals surface area contributed by atoms with E-state index in [1.807, 2.05) is 19.0 Å². The number of hydrogen-bond donors (Lipinski definition) is 2. The van der Waals surface area contributed by atoms with Crippen molar-refractivity contribution in [3.05, 3.63) is 59.8 Å². The van der Waals surface area contributed by atoms with Gasteiger partial charge in [-0.1, -0.05) is 0 Å². The summed E-state index contributed by atoms with van der Waals surface area (Å²) in [6, 6.07) is 8.62. The Morgan fingerprint density at radius 2 is 1.87 bits per heavy atom. The van der Waals surface area contributed by atoms with Crippen molar-refractivity contribution in [3.8, 4) is 5.75 Å². The molecule has 2 aromatic carbocycles. The molecule has 1 aromatic heterocycles. The van der Waals surface area contributed by atoms with E-state index in [0.29, 0.717) is 72.6 Å². The number of ether oxygens (including phenoxy) is 1. The number of fused-ring (bicyclic) bond motifs is 1. The molecule has 2 heterocycles. The lowest BCUT2D eigenvalue weighted by molar-refractivity contribution is -0.153. The van der Waals surface area contributed by atoms with Gasteiger partial charge in [-0.15, -0.1) is 0 Å². The summed E-state index contributed by atoms with van der Waals surface area (Å²) in [4.78, 5) is 20.8. The second-order valence-corrected chi connectivity index (χ2v) is 10.4. The topological polar surface area (TPSA) is 77.9 Å². The van der Waals surface area contributed by atoms with Gasteiger partial charge in [0.15, 0.2) is 0 Å². The smallest absolute Gasteiger partial charge is 0.309 e. The van der Waals surface area contributed by atoms with Gasteiger partial charge in [0.2, 0.25) is 0 Å². The van der Waals surface area contributed by atoms with E-state index >= 15 is 4.39 Å². The van der Waals surface area contributed by atoms with Crippen molar-refractivity contribution in [3.63, 3.8) is 0 Å². The van der Waals surface area contributed by atoms with Gasteiger partial charge in [0.1, 0.15) is 23.6 Å². The number of aliphatic carboxylic acids is 1. The van der Waals surface area contributed by atoms with Crippen LogP contribution in [0.4, 0.5) is 24.5 Å². The highest BCUT2D eigenvalue weighted by atomic mass is 19.1. The molecule has 2 N–H and O–H groups in total. The molecule has 1 saturated heterocycles. The molecular weight excluding hydrogens is 509 g/mol. The molecule has 0 bridgehead atoms. The molecule has 1 fully saturated rings. The van der Waals surface area contributed by atoms with Crippen LogP contribution in [0.25, 0.3) is 10.9 Å². The number of aromatic nitrogens is 1. The van der Waals surface area contributed by atoms with Crippen molar-refractivity contribution in [2.24, 2.45) is 5.41 Å². The number of carbonyl (C=O) groups is 1. The Morgan fingerprint density at radius 3 is 2.49 bits per heavy atom. The van der Waals surface area contributed by atoms with Crippen LogP contribution in [0.2, 0.25) is 0 Å². The standard InChI is InChI=1S/C29H35F3N4O3/c1-35(2)26-18-34-25-5-4-22(39-3)17-23(25)27(26)24(32)6-7-29(28(37)38)8-11-36(12-9-29)13-10-33-21-15-19(30)14-20(31)16-21/h4-5,14-18,24,33H,6-13H2,1-3H3,(H,37,38). The Balaban J connectivity index is 1.41. The van der Waals surface area contributed by atoms with Gasteiger partial charge in [0.25, 0.3) is 0 Å². The number of benzene rings is 2. The second kappa shape index (κ2) is 12.1. The Hall–Kier alpha value is -3.53. The molecule has 0 aliphatic carbocycles. The highest BCUT2D eigenvalue weighted by molar-refractivity contribution is 5.88. The van der Waals surface area contributed by atoms with Crippen molar-refractivity contribution >= 4 is 28.2 Å². The van der Waals surface area contributed by atoms with E-state index in [9.17, 15) is 18.7 Å². The Labute approximate surface area is 226 Å². The maximum absolute atomic E-state index is 16.0. The quantitative estimate of drug-likeness (QED) is 0.323. The largest absolute Gasteiger partial charge is 0.497 e. The number of carboxylic acids is 1. The summed E-state index contributed by atoms with van der Waals surface area (Å²) in [5, 5.41) is 13.8. The zero-order valence-corrected chi connectivity index (χ0v) is 22.5. The van der Waals surface area contributed by atoms with Crippen LogP contribution < -0.4 is 15.0 Å². The molecule has 7 nitrogen and oxygen atoms in total. The number of rotatable bonds is 11. The lowest BCUT2D eigenvalue weighted by Gasteiger charge is -2.39. The fourth-order valence-corrected chi connectivity index (χ4v) is 5.33. The molecule has 0 saturated carbocycles. The number of carboxylic acid groups (broad SMARTS) is 1. The predicted molar refractivity (Wildman–Crippen MR) is 146 cm³/mol. The first-order valence-corrected chi connectivity index (χ1v) is 13.1. The van der Waals surface area contributed by atoms with E-state index in [0.717, 1.165) is 6.07 Å². The van der Waals surface area contributed by atoms with Crippen molar-refractivity contribution in [1.82, 2.24) is 9.88 Å². The SMILES string of the molecule is COc1ccc2ncc(N(C)C)c(C(F)CCC3(C(=O)O)CCN(CCNc4cc(F)cc(F)c4)CC3)c2c1. The molecule has 210 valence electrons. The highest BCUT2D eigenvalue weighted by Crippen LogP contribution is 2.43. The minimum atomic E-state index is -1.38. The number of likely N-dealkylation sites (tertiary alicyclic amines) is 1. The van der Waals surface area contributed by atoms with Crippen LogP contribution in [0.5, 0.6) is 5.75 Å². The van der Waals surface area contributed by atoms with E-state index in [-0.39, 0.29) is 12.8 Å². The number of piperidine rings is 1. The lowest BCUT2D eigenvalue weighted by atomic mass is 9.74. The number of anilines is 2. The zero-order chi connectivity index (χ0) is 28.2. The molecule has 39 heavy (non-hydrogen) atoms. The molecule has 4 rings (SSSR count). The van der Waals surface area contributed by atoms with Crippen molar-refractivity contribution in [2.45, 2.75) is 31.9 Å². The number of methoxy groups -OCH3 is 1. The molecule has 1 aliphatic heterocycles. The van der Waals surface area contributed by atoms with Crippen LogP contribution >= 0.6 is 0 Å². The third-order valence-corrected chi connectivity index (χ3v) is 7.65. The van der Waals surface area contributed by atoms with Gasteiger partial charge in [0.05, 0.1) is 29.9 Å². The van der Waals surface area contributed by atoms with Crippen molar-refractivity contribution < 1.29 is 27.8 Å². The van der Waals surface area contributed by atoms with Gasteiger partial charge < -0.3 is 25.0 Å². The van der Waals surface area contributed by atoms with Crippen molar-refractivity contribution in [2.75, 3.05) is 57.6 Å². The summed E-state index contributed by atoms with van der Waals surface area (Å²) < 4.78 is 48.2. The summed E-state index contributed by atoms with van der Waals surface area (Å²) >= 11 is 0. The highest BCUT2D eigenvalue weighted by Gasteiger charge is 2.41. The van der Waals surface area contributed by atoms with Crippen LogP contribution in [0.15, 0.2) is 42.6 Å². The van der Waals surface area contributed by atoms with E-state index in [2.05, 4.69) is 15.2 Å². The molecule has 0 spiro atoms. The molecule has 1 atom stereocenters. The van der Waals surface area contributed by atoms with E-state index < -0.39 is 29.2 Å². The molecule has 1 aliphatic rings. The van der Waals surface area contributed by atoms with Gasteiger partial charge in [-0.05, 0) is 69.1 Å². The van der Waals surface area contributed by atoms with E-state index in [1.54, 1.807) is 31.5 Å². The van der Waals surface area contributed by atoms with Gasteiger partial charge in [0, 0.05) is 49.9 Å². The first kappa shape index (κ1) is 28.5. The van der Waals surface area contributed by atoms with Crippen LogP contribution in [-0.2, 0) is 4.79 Å². The Bertz CT molecular complexity index is 1290. The minimum absolute atomic E-state index is 0.0656. The molecular formula is C29H35F3N4O3. The lowest BCUT2D eigenvalue weighted by Crippen LogP contribution is -2.45. The number of pyridine rings is 1. The number of nitrogens with zero attached hydrogens (tertiary/aromatic N) is 3. The average molecular weight is 545 g/mol.